The summed E-state index contributed by atoms with van der Waals surface area (Å²) in [6, 6.07) is 10.2. The van der Waals surface area contributed by atoms with Gasteiger partial charge in [0.2, 0.25) is 0 Å². The van der Waals surface area contributed by atoms with E-state index in [1.54, 1.807) is 44.5 Å². The van der Waals surface area contributed by atoms with Gasteiger partial charge in [0.1, 0.15) is 0 Å². The van der Waals surface area contributed by atoms with E-state index in [4.69, 9.17) is 0 Å². The zero-order chi connectivity index (χ0) is 25.8. The van der Waals surface area contributed by atoms with E-state index in [-0.39, 0.29) is 0 Å². The molecular weight excluding hydrogens is 527 g/mol. The van der Waals surface area contributed by atoms with Crippen molar-refractivity contribution in [1.82, 2.24) is 0 Å². The average molecular weight is 574 g/mol. The molecule has 1 heteroatoms. The van der Waals surface area contributed by atoms with Gasteiger partial charge in [-0.25, -0.2) is 0 Å². The number of allylic oxidation sites excluding steroid dienone is 2. The van der Waals surface area contributed by atoms with Gasteiger partial charge in [-0.05, 0) is 0 Å². The van der Waals surface area contributed by atoms with Gasteiger partial charge in [0.15, 0.2) is 0 Å². The first kappa shape index (κ1) is 26.8. The fraction of sp³-hybridized carbons (Fsp3) is 0.529. The van der Waals surface area contributed by atoms with Crippen LogP contribution >= 0.6 is 0 Å². The van der Waals surface area contributed by atoms with Crippen LogP contribution < -0.4 is 0 Å². The van der Waals surface area contributed by atoms with Crippen molar-refractivity contribution in [3.05, 3.63) is 79.9 Å². The molecule has 2 aromatic rings. The molecule has 2 unspecified atom stereocenters. The Hall–Kier alpha value is -1.28. The maximum absolute atomic E-state index is 2.71. The van der Waals surface area contributed by atoms with Crippen LogP contribution in [0.2, 0.25) is 9.38 Å². The normalized spacial score (nSPS) is 19.3. The van der Waals surface area contributed by atoms with Crippen LogP contribution in [0, 0.1) is 0 Å². The molecule has 0 N–H and O–H groups in total. The molecular formula is C34H47Sn. The minimum absolute atomic E-state index is 0.570. The molecule has 2 atom stereocenters. The van der Waals surface area contributed by atoms with Crippen LogP contribution in [-0.2, 0) is 0 Å². The Labute approximate surface area is 223 Å². The Morgan fingerprint density at radius 3 is 1.57 bits per heavy atom. The Balaban J connectivity index is 1.73. The maximum atomic E-state index is 2.71. The van der Waals surface area contributed by atoms with Crippen molar-refractivity contribution in [2.45, 2.75) is 112 Å². The van der Waals surface area contributed by atoms with E-state index < -0.39 is 19.8 Å². The number of fused-ring (bicyclic) bond motifs is 2. The summed E-state index contributed by atoms with van der Waals surface area (Å²) in [6.45, 7) is 23.7. The van der Waals surface area contributed by atoms with Crippen molar-refractivity contribution < 1.29 is 0 Å². The predicted octanol–water partition coefficient (Wildman–Crippen LogP) is 10.5. The second kappa shape index (κ2) is 10.2. The first-order valence-corrected chi connectivity index (χ1v) is 20.5. The van der Waals surface area contributed by atoms with Crippen LogP contribution in [0.5, 0.6) is 0 Å². The second-order valence-corrected chi connectivity index (χ2v) is 20.3. The summed E-state index contributed by atoms with van der Waals surface area (Å²) in [5.74, 6) is 2.93. The Kier molecular flexibility index (Phi) is 7.83. The molecule has 2 aromatic carbocycles. The van der Waals surface area contributed by atoms with Crippen LogP contribution in [-0.4, -0.2) is 19.8 Å². The molecule has 35 heavy (non-hydrogen) atoms. The molecule has 0 saturated carbocycles. The number of hydrogen-bond donors (Lipinski definition) is 0. The Bertz CT molecular complexity index is 1170. The van der Waals surface area contributed by atoms with E-state index in [1.165, 1.54) is 15.6 Å². The van der Waals surface area contributed by atoms with Crippen molar-refractivity contribution in [2.75, 3.05) is 0 Å². The van der Waals surface area contributed by atoms with E-state index in [1.807, 2.05) is 0 Å². The molecule has 2 aliphatic carbocycles. The molecule has 2 aliphatic rings. The monoisotopic (exact) mass is 575 g/mol. The van der Waals surface area contributed by atoms with E-state index >= 15 is 0 Å². The van der Waals surface area contributed by atoms with Crippen molar-refractivity contribution >= 4 is 31.9 Å². The number of hydrogen-bond acceptors (Lipinski definition) is 0. The molecule has 0 heterocycles. The molecule has 0 saturated heterocycles. The molecule has 187 valence electrons. The topological polar surface area (TPSA) is 0 Å². The van der Waals surface area contributed by atoms with E-state index in [0.717, 1.165) is 3.93 Å². The molecule has 4 rings (SSSR count). The van der Waals surface area contributed by atoms with Crippen LogP contribution in [0.3, 0.4) is 0 Å². The Morgan fingerprint density at radius 2 is 1.09 bits per heavy atom. The zero-order valence-electron chi connectivity index (χ0n) is 24.1. The van der Waals surface area contributed by atoms with E-state index in [0.29, 0.717) is 29.6 Å². The molecule has 0 spiro atoms. The molecule has 0 fully saturated rings. The van der Waals surface area contributed by atoms with Gasteiger partial charge in [-0.15, -0.1) is 0 Å². The number of benzene rings is 2. The molecule has 0 aliphatic heterocycles. The summed E-state index contributed by atoms with van der Waals surface area (Å²) in [6.07, 6.45) is 5.09. The third kappa shape index (κ3) is 4.98. The van der Waals surface area contributed by atoms with Gasteiger partial charge in [0.25, 0.3) is 0 Å². The minimum atomic E-state index is -1.80. The fourth-order valence-corrected chi connectivity index (χ4v) is 15.1. The van der Waals surface area contributed by atoms with Crippen LogP contribution in [0.1, 0.15) is 147 Å². The van der Waals surface area contributed by atoms with Gasteiger partial charge in [-0.3, -0.25) is 0 Å². The summed E-state index contributed by atoms with van der Waals surface area (Å²) >= 11 is -1.80. The van der Waals surface area contributed by atoms with Crippen molar-refractivity contribution in [3.63, 3.8) is 0 Å². The van der Waals surface area contributed by atoms with Gasteiger partial charge in [0.05, 0.1) is 0 Å². The summed E-state index contributed by atoms with van der Waals surface area (Å²) in [4.78, 5) is 2.71. The van der Waals surface area contributed by atoms with Crippen molar-refractivity contribution in [2.24, 2.45) is 0 Å². The van der Waals surface area contributed by atoms with Gasteiger partial charge in [0, 0.05) is 0 Å². The van der Waals surface area contributed by atoms with Crippen LogP contribution in [0.15, 0.2) is 35.4 Å². The standard InChI is InChI=1S/C17H23.C16H21.CH3.Sn/c1-10(2)14-8-15(11(3)4)17-7-12(5)13(6)16(17)9-14;1-10(2)13-8-14-6-12(5)7-16(14)15(9-13)11(3)4;;/h7-11,13H,6H2,1-5H3;6-11H,1-5H3;1H3;. The Morgan fingerprint density at radius 1 is 0.629 bits per heavy atom. The SMILES string of the molecule is CC1=Cc2c(C(C)C)cc(C(C)C)cc2C1[CH2][Sn]([CH3])[CH]1C(C)=Cc2c(C(C)C)cc(C(C)C)cc21. The first-order valence-electron chi connectivity index (χ1n) is 13.9. The quantitative estimate of drug-likeness (QED) is 0.289. The summed E-state index contributed by atoms with van der Waals surface area (Å²) in [7, 11) is 0. The van der Waals surface area contributed by atoms with Crippen LogP contribution in [0.25, 0.3) is 12.2 Å². The van der Waals surface area contributed by atoms with E-state index in [9.17, 15) is 0 Å². The third-order valence-corrected chi connectivity index (χ3v) is 16.6. The summed E-state index contributed by atoms with van der Waals surface area (Å²) in [5.41, 5.74) is 15.8. The zero-order valence-corrected chi connectivity index (χ0v) is 27.0. The third-order valence-electron chi connectivity index (χ3n) is 8.56. The first-order chi connectivity index (χ1) is 16.4. The summed E-state index contributed by atoms with van der Waals surface area (Å²) in [5, 5.41) is 0. The molecule has 0 bridgehead atoms. The van der Waals surface area contributed by atoms with E-state index in [2.05, 4.69) is 111 Å². The number of rotatable bonds is 7. The molecule has 0 nitrogen and oxygen atoms in total. The van der Waals surface area contributed by atoms with Crippen molar-refractivity contribution in [3.8, 4) is 0 Å². The average Bonchev–Trinajstić information content (AvgIpc) is 3.27. The van der Waals surface area contributed by atoms with Crippen LogP contribution in [0.4, 0.5) is 0 Å². The second-order valence-electron chi connectivity index (χ2n) is 12.7. The predicted molar refractivity (Wildman–Crippen MR) is 158 cm³/mol. The van der Waals surface area contributed by atoms with Gasteiger partial charge < -0.3 is 0 Å². The summed E-state index contributed by atoms with van der Waals surface area (Å²) < 4.78 is 2.13. The van der Waals surface area contributed by atoms with Gasteiger partial charge >= 0.3 is 224 Å². The van der Waals surface area contributed by atoms with Crippen molar-refractivity contribution in [1.29, 1.82) is 0 Å². The van der Waals surface area contributed by atoms with Gasteiger partial charge in [-0.1, -0.05) is 0 Å². The molecule has 0 amide bonds. The molecule has 1 radical (unpaired) electrons. The van der Waals surface area contributed by atoms with Gasteiger partial charge in [-0.2, -0.15) is 0 Å². The molecule has 0 aromatic heterocycles. The fourth-order valence-electron chi connectivity index (χ4n) is 6.42.